The maximum atomic E-state index is 6.32. The number of nitrogens with zero attached hydrogens (tertiary/aromatic N) is 2. The molecule has 0 bridgehead atoms. The van der Waals surface area contributed by atoms with Crippen molar-refractivity contribution in [3.63, 3.8) is 0 Å². The van der Waals surface area contributed by atoms with Gasteiger partial charge in [-0.3, -0.25) is 9.80 Å². The topological polar surface area (TPSA) is 32.5 Å². The van der Waals surface area contributed by atoms with E-state index in [2.05, 4.69) is 30.7 Å². The third-order valence-corrected chi connectivity index (χ3v) is 6.56. The van der Waals surface area contributed by atoms with Gasteiger partial charge in [-0.2, -0.15) is 0 Å². The molecule has 3 rings (SSSR count). The first-order valence-corrected chi connectivity index (χ1v) is 8.73. The summed E-state index contributed by atoms with van der Waals surface area (Å²) in [5.74, 6) is 2.01. The number of nitrogens with two attached hydrogens (primary N) is 1. The van der Waals surface area contributed by atoms with Gasteiger partial charge >= 0.3 is 0 Å². The number of hydrogen-bond acceptors (Lipinski definition) is 3. The predicted octanol–water partition coefficient (Wildman–Crippen LogP) is 2.31. The summed E-state index contributed by atoms with van der Waals surface area (Å²) in [4.78, 5) is 5.30. The van der Waals surface area contributed by atoms with E-state index in [9.17, 15) is 0 Å². The zero-order valence-electron chi connectivity index (χ0n) is 13.6. The third-order valence-electron chi connectivity index (χ3n) is 6.56. The van der Waals surface area contributed by atoms with Crippen molar-refractivity contribution in [3.05, 3.63) is 0 Å². The van der Waals surface area contributed by atoms with Crippen LogP contribution in [0.25, 0.3) is 0 Å². The molecule has 0 aromatic rings. The van der Waals surface area contributed by atoms with Gasteiger partial charge in [0.2, 0.25) is 0 Å². The van der Waals surface area contributed by atoms with E-state index >= 15 is 0 Å². The highest BCUT2D eigenvalue weighted by atomic mass is 15.3. The summed E-state index contributed by atoms with van der Waals surface area (Å²) in [7, 11) is 2.27. The molecule has 116 valence electrons. The lowest BCUT2D eigenvalue weighted by molar-refractivity contribution is -0.0377. The van der Waals surface area contributed by atoms with Crippen LogP contribution in [-0.2, 0) is 0 Å². The molecule has 1 saturated heterocycles. The van der Waals surface area contributed by atoms with E-state index in [0.717, 1.165) is 18.4 Å². The third kappa shape index (κ3) is 2.65. The Morgan fingerprint density at radius 3 is 2.25 bits per heavy atom. The molecule has 2 saturated carbocycles. The number of piperazine rings is 1. The fraction of sp³-hybridized carbons (Fsp3) is 1.00. The average molecular weight is 279 g/mol. The van der Waals surface area contributed by atoms with Crippen LogP contribution in [0.3, 0.4) is 0 Å². The Morgan fingerprint density at radius 2 is 1.70 bits per heavy atom. The minimum Gasteiger partial charge on any atom is -0.329 e. The largest absolute Gasteiger partial charge is 0.329 e. The van der Waals surface area contributed by atoms with Gasteiger partial charge < -0.3 is 5.73 Å². The minimum atomic E-state index is 0.315. The molecule has 4 atom stereocenters. The molecule has 20 heavy (non-hydrogen) atoms. The smallest absolute Gasteiger partial charge is 0.0335 e. The molecule has 0 radical (unpaired) electrons. The first kappa shape index (κ1) is 14.8. The summed E-state index contributed by atoms with van der Waals surface area (Å²) in [6, 6.07) is 1.31. The highest BCUT2D eigenvalue weighted by Crippen LogP contribution is 2.48. The van der Waals surface area contributed by atoms with Gasteiger partial charge in [0.1, 0.15) is 0 Å². The highest BCUT2D eigenvalue weighted by molar-refractivity contribution is 5.02. The first-order chi connectivity index (χ1) is 9.55. The van der Waals surface area contributed by atoms with Gasteiger partial charge in [0, 0.05) is 37.3 Å². The lowest BCUT2D eigenvalue weighted by atomic mass is 9.72. The summed E-state index contributed by atoms with van der Waals surface area (Å²) in [6.45, 7) is 8.01. The summed E-state index contributed by atoms with van der Waals surface area (Å²) in [5.41, 5.74) is 6.64. The van der Waals surface area contributed by atoms with E-state index in [-0.39, 0.29) is 0 Å². The van der Waals surface area contributed by atoms with Crippen molar-refractivity contribution in [1.29, 1.82) is 0 Å². The Balaban J connectivity index is 1.74. The van der Waals surface area contributed by atoms with Crippen LogP contribution in [-0.4, -0.2) is 54.1 Å². The van der Waals surface area contributed by atoms with Crippen molar-refractivity contribution >= 4 is 0 Å². The molecular weight excluding hydrogens is 246 g/mol. The van der Waals surface area contributed by atoms with Crippen LogP contribution in [0.2, 0.25) is 0 Å². The van der Waals surface area contributed by atoms with E-state index in [1.165, 1.54) is 51.6 Å². The fourth-order valence-electron chi connectivity index (χ4n) is 4.75. The van der Waals surface area contributed by atoms with Crippen molar-refractivity contribution < 1.29 is 0 Å². The zero-order valence-corrected chi connectivity index (χ0v) is 13.6. The number of likely N-dealkylation sites (N-methyl/N-ethyl adjacent to an activating group) is 1. The first-order valence-electron chi connectivity index (χ1n) is 8.73. The van der Waals surface area contributed by atoms with Crippen LogP contribution < -0.4 is 5.73 Å². The van der Waals surface area contributed by atoms with Gasteiger partial charge in [0.05, 0.1) is 0 Å². The summed E-state index contributed by atoms with van der Waals surface area (Å²) >= 11 is 0. The summed E-state index contributed by atoms with van der Waals surface area (Å²) in [6.07, 6.45) is 8.54. The van der Waals surface area contributed by atoms with Crippen LogP contribution in [0.4, 0.5) is 0 Å². The quantitative estimate of drug-likeness (QED) is 0.860. The van der Waals surface area contributed by atoms with E-state index in [1.54, 1.807) is 0 Å². The minimum absolute atomic E-state index is 0.315. The van der Waals surface area contributed by atoms with Gasteiger partial charge in [-0.25, -0.2) is 0 Å². The van der Waals surface area contributed by atoms with Crippen LogP contribution in [0, 0.1) is 11.8 Å². The van der Waals surface area contributed by atoms with Crippen LogP contribution in [0.5, 0.6) is 0 Å². The molecule has 0 amide bonds. The van der Waals surface area contributed by atoms with Crippen molar-refractivity contribution in [2.45, 2.75) is 70.0 Å². The maximum absolute atomic E-state index is 6.32. The molecule has 4 unspecified atom stereocenters. The fourth-order valence-corrected chi connectivity index (χ4v) is 4.75. The molecule has 0 spiro atoms. The molecule has 2 aliphatic carbocycles. The standard InChI is InChI=1S/C17H33N3/c1-13-10-20(11-14(2)19(13)3)17(12-18)8-4-5-16(9-17)15-6-7-15/h13-16H,4-12,18H2,1-3H3. The monoisotopic (exact) mass is 279 g/mol. The van der Waals surface area contributed by atoms with Crippen molar-refractivity contribution in [2.24, 2.45) is 17.6 Å². The van der Waals surface area contributed by atoms with Crippen LogP contribution in [0.15, 0.2) is 0 Å². The van der Waals surface area contributed by atoms with E-state index in [4.69, 9.17) is 5.73 Å². The van der Waals surface area contributed by atoms with Crippen LogP contribution >= 0.6 is 0 Å². The van der Waals surface area contributed by atoms with E-state index in [0.29, 0.717) is 17.6 Å². The summed E-state index contributed by atoms with van der Waals surface area (Å²) in [5, 5.41) is 0. The molecule has 1 heterocycles. The zero-order chi connectivity index (χ0) is 14.3. The number of hydrogen-bond donors (Lipinski definition) is 1. The van der Waals surface area contributed by atoms with Gasteiger partial charge in [-0.1, -0.05) is 12.8 Å². The Labute approximate surface area is 124 Å². The molecule has 3 fully saturated rings. The molecule has 3 nitrogen and oxygen atoms in total. The second-order valence-electron chi connectivity index (χ2n) is 7.89. The van der Waals surface area contributed by atoms with Crippen molar-refractivity contribution in [2.75, 3.05) is 26.7 Å². The maximum Gasteiger partial charge on any atom is 0.0335 e. The second kappa shape index (κ2) is 5.58. The Bertz CT molecular complexity index is 329. The SMILES string of the molecule is CC1CN(C2(CN)CCCC(C3CC3)C2)CC(C)N1C. The normalized spacial score (nSPS) is 44.7. The molecule has 3 heteroatoms. The van der Waals surface area contributed by atoms with Crippen molar-refractivity contribution in [1.82, 2.24) is 9.80 Å². The molecule has 3 aliphatic rings. The van der Waals surface area contributed by atoms with Crippen molar-refractivity contribution in [3.8, 4) is 0 Å². The molecule has 1 aliphatic heterocycles. The molecule has 0 aromatic heterocycles. The summed E-state index contributed by atoms with van der Waals surface area (Å²) < 4.78 is 0. The van der Waals surface area contributed by atoms with Gasteiger partial charge in [0.15, 0.2) is 0 Å². The van der Waals surface area contributed by atoms with Gasteiger partial charge in [0.25, 0.3) is 0 Å². The second-order valence-corrected chi connectivity index (χ2v) is 7.89. The molecule has 2 N–H and O–H groups in total. The predicted molar refractivity (Wildman–Crippen MR) is 84.7 cm³/mol. The average Bonchev–Trinajstić information content (AvgIpc) is 3.29. The Hall–Kier alpha value is -0.120. The lowest BCUT2D eigenvalue weighted by Gasteiger charge is -2.54. The number of rotatable bonds is 3. The Kier molecular flexibility index (Phi) is 4.13. The van der Waals surface area contributed by atoms with Gasteiger partial charge in [-0.05, 0) is 58.4 Å². The molecule has 0 aromatic carbocycles. The van der Waals surface area contributed by atoms with Crippen LogP contribution in [0.1, 0.15) is 52.4 Å². The Morgan fingerprint density at radius 1 is 1.05 bits per heavy atom. The molecular formula is C17H33N3. The van der Waals surface area contributed by atoms with E-state index in [1.807, 2.05) is 0 Å². The van der Waals surface area contributed by atoms with E-state index < -0.39 is 0 Å². The lowest BCUT2D eigenvalue weighted by Crippen LogP contribution is -2.65. The highest BCUT2D eigenvalue weighted by Gasteiger charge is 2.46. The van der Waals surface area contributed by atoms with Gasteiger partial charge in [-0.15, -0.1) is 0 Å².